The summed E-state index contributed by atoms with van der Waals surface area (Å²) in [4.78, 5) is 18.7. The van der Waals surface area contributed by atoms with Gasteiger partial charge in [-0.25, -0.2) is 9.37 Å². The highest BCUT2D eigenvalue weighted by molar-refractivity contribution is 9.10. The number of nitrogens with zero attached hydrogens (tertiary/aromatic N) is 1. The summed E-state index contributed by atoms with van der Waals surface area (Å²) >= 11 is 3.34. The number of halogens is 2. The van der Waals surface area contributed by atoms with Crippen molar-refractivity contribution in [2.24, 2.45) is 0 Å². The molecular weight excluding hydrogens is 325 g/mol. The number of hydrogen-bond donors (Lipinski definition) is 2. The van der Waals surface area contributed by atoms with E-state index in [1.165, 1.54) is 31.0 Å². The summed E-state index contributed by atoms with van der Waals surface area (Å²) in [7, 11) is 0. The van der Waals surface area contributed by atoms with Crippen LogP contribution in [0.1, 0.15) is 18.5 Å². The molecule has 0 saturated heterocycles. The fourth-order valence-corrected chi connectivity index (χ4v) is 2.38. The molecule has 6 heteroatoms. The zero-order valence-electron chi connectivity index (χ0n) is 10.6. The van der Waals surface area contributed by atoms with E-state index in [2.05, 4.69) is 31.2 Å². The highest BCUT2D eigenvalue weighted by Crippen LogP contribution is 2.26. The van der Waals surface area contributed by atoms with Gasteiger partial charge in [0.05, 0.1) is 5.69 Å². The number of aromatic nitrogens is 2. The topological polar surface area (TPSA) is 57.8 Å². The lowest BCUT2D eigenvalue weighted by atomic mass is 10.2. The van der Waals surface area contributed by atoms with Gasteiger partial charge in [0.25, 0.3) is 5.56 Å². The molecule has 2 aromatic rings. The Morgan fingerprint density at radius 3 is 2.95 bits per heavy atom. The highest BCUT2D eigenvalue weighted by Gasteiger charge is 2.20. The molecule has 4 nitrogen and oxygen atoms in total. The van der Waals surface area contributed by atoms with Crippen LogP contribution in [0.3, 0.4) is 0 Å². The number of H-pyrrole nitrogens is 1. The summed E-state index contributed by atoms with van der Waals surface area (Å²) in [6, 6.07) is 6.30. The van der Waals surface area contributed by atoms with Crippen LogP contribution in [0.15, 0.2) is 33.5 Å². The Bertz CT molecular complexity index is 697. The predicted octanol–water partition coefficient (Wildman–Crippen LogP) is 2.59. The Morgan fingerprint density at radius 2 is 2.20 bits per heavy atom. The second kappa shape index (κ2) is 5.46. The molecule has 1 fully saturated rings. The molecule has 0 spiro atoms. The van der Waals surface area contributed by atoms with Gasteiger partial charge in [-0.2, -0.15) is 0 Å². The molecule has 1 aliphatic rings. The molecule has 0 radical (unpaired) electrons. The lowest BCUT2D eigenvalue weighted by Crippen LogP contribution is -2.19. The van der Waals surface area contributed by atoms with Crippen LogP contribution in [0.5, 0.6) is 0 Å². The smallest absolute Gasteiger partial charge is 0.251 e. The van der Waals surface area contributed by atoms with Gasteiger partial charge in [-0.3, -0.25) is 4.79 Å². The largest absolute Gasteiger partial charge is 0.308 e. The Balaban J connectivity index is 1.95. The highest BCUT2D eigenvalue weighted by atomic mass is 79.9. The molecule has 1 heterocycles. The lowest BCUT2D eigenvalue weighted by molar-refractivity contribution is 0.627. The monoisotopic (exact) mass is 337 g/mol. The minimum atomic E-state index is -0.368. The van der Waals surface area contributed by atoms with Crippen molar-refractivity contribution < 1.29 is 4.39 Å². The van der Waals surface area contributed by atoms with Crippen LogP contribution in [0.25, 0.3) is 11.4 Å². The number of hydrogen-bond acceptors (Lipinski definition) is 3. The van der Waals surface area contributed by atoms with Gasteiger partial charge < -0.3 is 10.3 Å². The van der Waals surface area contributed by atoms with Crippen LogP contribution in [-0.4, -0.2) is 16.0 Å². The first-order chi connectivity index (χ1) is 9.61. The third kappa shape index (κ3) is 3.13. The summed E-state index contributed by atoms with van der Waals surface area (Å²) in [5.41, 5.74) is 0.959. The molecule has 0 aliphatic heterocycles. The van der Waals surface area contributed by atoms with Crippen molar-refractivity contribution in [2.75, 3.05) is 0 Å². The molecule has 1 aliphatic carbocycles. The van der Waals surface area contributed by atoms with E-state index in [-0.39, 0.29) is 11.4 Å². The van der Waals surface area contributed by atoms with Crippen molar-refractivity contribution in [3.8, 4) is 11.4 Å². The summed E-state index contributed by atoms with van der Waals surface area (Å²) < 4.78 is 14.0. The van der Waals surface area contributed by atoms with E-state index in [1.54, 1.807) is 6.07 Å². The number of aromatic amines is 1. The first-order valence-electron chi connectivity index (χ1n) is 6.41. The van der Waals surface area contributed by atoms with E-state index >= 15 is 0 Å². The van der Waals surface area contributed by atoms with Crippen LogP contribution in [0.4, 0.5) is 4.39 Å². The zero-order chi connectivity index (χ0) is 14.1. The molecule has 0 bridgehead atoms. The fraction of sp³-hybridized carbons (Fsp3) is 0.286. The van der Waals surface area contributed by atoms with E-state index in [0.29, 0.717) is 34.1 Å². The summed E-state index contributed by atoms with van der Waals surface area (Å²) in [6.07, 6.45) is 2.34. The Morgan fingerprint density at radius 1 is 1.40 bits per heavy atom. The molecule has 104 valence electrons. The second-order valence-electron chi connectivity index (χ2n) is 4.86. The number of nitrogens with one attached hydrogen (secondary N) is 2. The minimum absolute atomic E-state index is 0.237. The van der Waals surface area contributed by atoms with Crippen molar-refractivity contribution in [1.82, 2.24) is 15.3 Å². The molecule has 3 rings (SSSR count). The standard InChI is InChI=1S/C14H13BrFN3O/c15-12-4-1-8(16)5-11(12)14-18-10(6-13(20)19-14)7-17-9-2-3-9/h1,4-6,9,17H,2-3,7H2,(H,18,19,20). The maximum Gasteiger partial charge on any atom is 0.251 e. The van der Waals surface area contributed by atoms with Gasteiger partial charge in [-0.1, -0.05) is 15.9 Å². The van der Waals surface area contributed by atoms with Crippen LogP contribution < -0.4 is 10.9 Å². The van der Waals surface area contributed by atoms with Gasteiger partial charge in [0, 0.05) is 28.7 Å². The minimum Gasteiger partial charge on any atom is -0.308 e. The first-order valence-corrected chi connectivity index (χ1v) is 7.20. The Labute approximate surface area is 123 Å². The Hall–Kier alpha value is -1.53. The third-order valence-corrected chi connectivity index (χ3v) is 3.82. The first kappa shape index (κ1) is 13.5. The van der Waals surface area contributed by atoms with E-state index in [9.17, 15) is 9.18 Å². The molecular formula is C14H13BrFN3O. The van der Waals surface area contributed by atoms with Gasteiger partial charge in [-0.05, 0) is 31.0 Å². The summed E-state index contributed by atoms with van der Waals surface area (Å²) in [5, 5.41) is 3.30. The molecule has 1 aromatic heterocycles. The zero-order valence-corrected chi connectivity index (χ0v) is 12.2. The van der Waals surface area contributed by atoms with Crippen molar-refractivity contribution in [2.45, 2.75) is 25.4 Å². The molecule has 1 saturated carbocycles. The SMILES string of the molecule is O=c1cc(CNC2CC2)nc(-c2cc(F)ccc2Br)[nH]1. The number of benzene rings is 1. The average Bonchev–Trinajstić information content (AvgIpc) is 3.23. The second-order valence-corrected chi connectivity index (χ2v) is 5.72. The van der Waals surface area contributed by atoms with Gasteiger partial charge in [-0.15, -0.1) is 0 Å². The van der Waals surface area contributed by atoms with Gasteiger partial charge in [0.2, 0.25) is 0 Å². The molecule has 0 amide bonds. The van der Waals surface area contributed by atoms with E-state index in [4.69, 9.17) is 0 Å². The lowest BCUT2D eigenvalue weighted by Gasteiger charge is -2.07. The summed E-state index contributed by atoms with van der Waals surface area (Å²) in [6.45, 7) is 0.550. The quantitative estimate of drug-likeness (QED) is 0.901. The summed E-state index contributed by atoms with van der Waals surface area (Å²) in [5.74, 6) is 0.00355. The average molecular weight is 338 g/mol. The van der Waals surface area contributed by atoms with Crippen LogP contribution >= 0.6 is 15.9 Å². The van der Waals surface area contributed by atoms with E-state index in [0.717, 1.165) is 0 Å². The fourth-order valence-electron chi connectivity index (χ4n) is 1.94. The van der Waals surface area contributed by atoms with Gasteiger partial charge in [0.1, 0.15) is 11.6 Å². The van der Waals surface area contributed by atoms with Crippen molar-refractivity contribution in [3.05, 3.63) is 50.6 Å². The normalized spacial score (nSPS) is 14.5. The predicted molar refractivity (Wildman–Crippen MR) is 77.8 cm³/mol. The Kier molecular flexibility index (Phi) is 3.67. The van der Waals surface area contributed by atoms with Crippen LogP contribution in [0.2, 0.25) is 0 Å². The van der Waals surface area contributed by atoms with Gasteiger partial charge in [0.15, 0.2) is 0 Å². The maximum absolute atomic E-state index is 13.3. The van der Waals surface area contributed by atoms with Crippen LogP contribution in [0, 0.1) is 5.82 Å². The maximum atomic E-state index is 13.3. The van der Waals surface area contributed by atoms with E-state index in [1.807, 2.05) is 0 Å². The molecule has 0 atom stereocenters. The van der Waals surface area contributed by atoms with Crippen molar-refractivity contribution in [1.29, 1.82) is 0 Å². The van der Waals surface area contributed by atoms with Crippen LogP contribution in [-0.2, 0) is 6.54 Å². The third-order valence-electron chi connectivity index (χ3n) is 3.13. The number of rotatable bonds is 4. The van der Waals surface area contributed by atoms with E-state index < -0.39 is 0 Å². The van der Waals surface area contributed by atoms with Gasteiger partial charge >= 0.3 is 0 Å². The van der Waals surface area contributed by atoms with Crippen molar-refractivity contribution in [3.63, 3.8) is 0 Å². The molecule has 2 N–H and O–H groups in total. The molecule has 20 heavy (non-hydrogen) atoms. The molecule has 0 unspecified atom stereocenters. The van der Waals surface area contributed by atoms with Crippen molar-refractivity contribution >= 4 is 15.9 Å². The molecule has 1 aromatic carbocycles.